The standard InChI is InChI=1S/C11H15N3O/c1-8-2-3-9(6-13-8)10(15)14-11(7-12)4-5-11/h2-3,6H,4-5,7,12H2,1H3,(H,14,15). The van der Waals surface area contributed by atoms with Crippen LogP contribution in [0.4, 0.5) is 0 Å². The van der Waals surface area contributed by atoms with Crippen LogP contribution in [-0.4, -0.2) is 23.0 Å². The zero-order chi connectivity index (χ0) is 10.9. The first-order valence-corrected chi connectivity index (χ1v) is 5.10. The molecule has 1 heterocycles. The second-order valence-electron chi connectivity index (χ2n) is 4.13. The Hall–Kier alpha value is -1.42. The molecule has 1 saturated carbocycles. The van der Waals surface area contributed by atoms with Gasteiger partial charge in [0.2, 0.25) is 0 Å². The Morgan fingerprint density at radius 1 is 1.60 bits per heavy atom. The number of rotatable bonds is 3. The molecule has 0 saturated heterocycles. The molecule has 15 heavy (non-hydrogen) atoms. The number of carbonyl (C=O) groups excluding carboxylic acids is 1. The minimum atomic E-state index is -0.137. The third-order valence-electron chi connectivity index (χ3n) is 2.80. The fourth-order valence-electron chi connectivity index (χ4n) is 1.45. The number of pyridine rings is 1. The summed E-state index contributed by atoms with van der Waals surface area (Å²) in [5.41, 5.74) is 6.96. The van der Waals surface area contributed by atoms with Gasteiger partial charge in [0.25, 0.3) is 5.91 Å². The van der Waals surface area contributed by atoms with Gasteiger partial charge in [-0.15, -0.1) is 0 Å². The van der Waals surface area contributed by atoms with E-state index >= 15 is 0 Å². The normalized spacial score (nSPS) is 17.2. The summed E-state index contributed by atoms with van der Waals surface area (Å²) in [5.74, 6) is -0.0783. The molecular formula is C11H15N3O. The minimum Gasteiger partial charge on any atom is -0.345 e. The summed E-state index contributed by atoms with van der Waals surface area (Å²) in [4.78, 5) is 15.8. The molecular weight excluding hydrogens is 190 g/mol. The SMILES string of the molecule is Cc1ccc(C(=O)NC2(CN)CC2)cn1. The number of amides is 1. The first-order valence-electron chi connectivity index (χ1n) is 5.10. The van der Waals surface area contributed by atoms with Crippen molar-refractivity contribution in [3.05, 3.63) is 29.6 Å². The fourth-order valence-corrected chi connectivity index (χ4v) is 1.45. The second kappa shape index (κ2) is 3.62. The van der Waals surface area contributed by atoms with Crippen LogP contribution in [0, 0.1) is 6.92 Å². The lowest BCUT2D eigenvalue weighted by atomic mass is 10.2. The highest BCUT2D eigenvalue weighted by Gasteiger charge is 2.42. The molecule has 1 aliphatic carbocycles. The van der Waals surface area contributed by atoms with E-state index in [1.165, 1.54) is 0 Å². The van der Waals surface area contributed by atoms with Gasteiger partial charge in [-0.2, -0.15) is 0 Å². The van der Waals surface area contributed by atoms with Crippen molar-refractivity contribution in [2.24, 2.45) is 5.73 Å². The highest BCUT2D eigenvalue weighted by Crippen LogP contribution is 2.34. The number of nitrogens with zero attached hydrogens (tertiary/aromatic N) is 1. The maximum absolute atomic E-state index is 11.8. The van der Waals surface area contributed by atoms with Gasteiger partial charge >= 0.3 is 0 Å². The summed E-state index contributed by atoms with van der Waals surface area (Å²) < 4.78 is 0. The van der Waals surface area contributed by atoms with E-state index in [1.54, 1.807) is 12.3 Å². The molecule has 0 bridgehead atoms. The Labute approximate surface area is 88.9 Å². The Kier molecular flexibility index (Phi) is 2.44. The molecule has 0 radical (unpaired) electrons. The van der Waals surface area contributed by atoms with Crippen LogP contribution >= 0.6 is 0 Å². The van der Waals surface area contributed by atoms with Gasteiger partial charge in [0, 0.05) is 18.4 Å². The van der Waals surface area contributed by atoms with Crippen LogP contribution in [0.5, 0.6) is 0 Å². The van der Waals surface area contributed by atoms with Crippen molar-refractivity contribution in [2.75, 3.05) is 6.54 Å². The number of nitrogens with two attached hydrogens (primary N) is 1. The van der Waals surface area contributed by atoms with Gasteiger partial charge in [-0.25, -0.2) is 0 Å². The number of nitrogens with one attached hydrogen (secondary N) is 1. The zero-order valence-corrected chi connectivity index (χ0v) is 8.79. The smallest absolute Gasteiger partial charge is 0.253 e. The monoisotopic (exact) mass is 205 g/mol. The Morgan fingerprint density at radius 3 is 2.80 bits per heavy atom. The van der Waals surface area contributed by atoms with E-state index in [-0.39, 0.29) is 11.4 Å². The maximum atomic E-state index is 11.8. The summed E-state index contributed by atoms with van der Waals surface area (Å²) in [5, 5.41) is 2.95. The summed E-state index contributed by atoms with van der Waals surface area (Å²) >= 11 is 0. The number of hydrogen-bond acceptors (Lipinski definition) is 3. The number of aryl methyl sites for hydroxylation is 1. The number of aromatic nitrogens is 1. The minimum absolute atomic E-state index is 0.0783. The van der Waals surface area contributed by atoms with E-state index in [0.717, 1.165) is 18.5 Å². The molecule has 4 heteroatoms. The van der Waals surface area contributed by atoms with Gasteiger partial charge in [0.05, 0.1) is 11.1 Å². The van der Waals surface area contributed by atoms with Crippen LogP contribution in [0.25, 0.3) is 0 Å². The van der Waals surface area contributed by atoms with E-state index in [4.69, 9.17) is 5.73 Å². The topological polar surface area (TPSA) is 68.0 Å². The quantitative estimate of drug-likeness (QED) is 0.759. The summed E-state index contributed by atoms with van der Waals surface area (Å²) in [6.07, 6.45) is 3.56. The highest BCUT2D eigenvalue weighted by molar-refractivity contribution is 5.94. The van der Waals surface area contributed by atoms with E-state index in [9.17, 15) is 4.79 Å². The Balaban J connectivity index is 2.05. The molecule has 1 aromatic heterocycles. The highest BCUT2D eigenvalue weighted by atomic mass is 16.1. The van der Waals surface area contributed by atoms with Crippen molar-refractivity contribution >= 4 is 5.91 Å². The van der Waals surface area contributed by atoms with Crippen molar-refractivity contribution in [3.8, 4) is 0 Å². The van der Waals surface area contributed by atoms with Crippen LogP contribution in [0.3, 0.4) is 0 Å². The molecule has 1 fully saturated rings. The lowest BCUT2D eigenvalue weighted by Crippen LogP contribution is -2.42. The summed E-state index contributed by atoms with van der Waals surface area (Å²) in [6.45, 7) is 2.40. The first-order chi connectivity index (χ1) is 7.15. The number of hydrogen-bond donors (Lipinski definition) is 2. The van der Waals surface area contributed by atoms with E-state index in [0.29, 0.717) is 12.1 Å². The molecule has 4 nitrogen and oxygen atoms in total. The van der Waals surface area contributed by atoms with Gasteiger partial charge in [-0.1, -0.05) is 0 Å². The van der Waals surface area contributed by atoms with Gasteiger partial charge in [0.1, 0.15) is 0 Å². The predicted octanol–water partition coefficient (Wildman–Crippen LogP) is 0.611. The summed E-state index contributed by atoms with van der Waals surface area (Å²) in [6, 6.07) is 3.61. The van der Waals surface area contributed by atoms with Crippen molar-refractivity contribution in [1.29, 1.82) is 0 Å². The Bertz CT molecular complexity index is 368. The van der Waals surface area contributed by atoms with Gasteiger partial charge in [-0.3, -0.25) is 9.78 Å². The molecule has 3 N–H and O–H groups in total. The number of carbonyl (C=O) groups is 1. The van der Waals surface area contributed by atoms with Crippen molar-refractivity contribution < 1.29 is 4.79 Å². The van der Waals surface area contributed by atoms with Crippen LogP contribution < -0.4 is 11.1 Å². The molecule has 0 aliphatic heterocycles. The molecule has 0 atom stereocenters. The molecule has 80 valence electrons. The molecule has 1 aromatic rings. The van der Waals surface area contributed by atoms with Gasteiger partial charge in [-0.05, 0) is 31.9 Å². The van der Waals surface area contributed by atoms with Gasteiger partial charge in [0.15, 0.2) is 0 Å². The third kappa shape index (κ3) is 2.15. The van der Waals surface area contributed by atoms with Gasteiger partial charge < -0.3 is 11.1 Å². The van der Waals surface area contributed by atoms with Crippen LogP contribution in [-0.2, 0) is 0 Å². The average molecular weight is 205 g/mol. The molecule has 1 amide bonds. The molecule has 0 aromatic carbocycles. The first kappa shape index (κ1) is 10.1. The van der Waals surface area contributed by atoms with Crippen LogP contribution in [0.1, 0.15) is 28.9 Å². The lowest BCUT2D eigenvalue weighted by Gasteiger charge is -2.14. The van der Waals surface area contributed by atoms with E-state index < -0.39 is 0 Å². The molecule has 2 rings (SSSR count). The van der Waals surface area contributed by atoms with Crippen LogP contribution in [0.2, 0.25) is 0 Å². The Morgan fingerprint density at radius 2 is 2.33 bits per heavy atom. The molecule has 1 aliphatic rings. The van der Waals surface area contributed by atoms with Crippen molar-refractivity contribution in [3.63, 3.8) is 0 Å². The third-order valence-corrected chi connectivity index (χ3v) is 2.80. The van der Waals surface area contributed by atoms with E-state index in [1.807, 2.05) is 13.0 Å². The fraction of sp³-hybridized carbons (Fsp3) is 0.455. The average Bonchev–Trinajstić information content (AvgIpc) is 2.99. The van der Waals surface area contributed by atoms with Crippen molar-refractivity contribution in [1.82, 2.24) is 10.3 Å². The lowest BCUT2D eigenvalue weighted by molar-refractivity contribution is 0.0932. The maximum Gasteiger partial charge on any atom is 0.253 e. The summed E-state index contributed by atoms with van der Waals surface area (Å²) in [7, 11) is 0. The largest absolute Gasteiger partial charge is 0.345 e. The van der Waals surface area contributed by atoms with E-state index in [2.05, 4.69) is 10.3 Å². The zero-order valence-electron chi connectivity index (χ0n) is 8.79. The van der Waals surface area contributed by atoms with Crippen LogP contribution in [0.15, 0.2) is 18.3 Å². The van der Waals surface area contributed by atoms with Crippen molar-refractivity contribution in [2.45, 2.75) is 25.3 Å². The molecule has 0 unspecified atom stereocenters. The second-order valence-corrected chi connectivity index (χ2v) is 4.13. The predicted molar refractivity (Wildman–Crippen MR) is 57.5 cm³/mol. The molecule has 0 spiro atoms.